The second kappa shape index (κ2) is 9.31. The summed E-state index contributed by atoms with van der Waals surface area (Å²) in [7, 11) is 1.63. The maximum atomic E-state index is 13.3. The zero-order chi connectivity index (χ0) is 21.8. The van der Waals surface area contributed by atoms with Crippen molar-refractivity contribution in [2.75, 3.05) is 26.7 Å². The van der Waals surface area contributed by atoms with Gasteiger partial charge in [-0.3, -0.25) is 14.5 Å². The molecule has 4 rings (SSSR count). The summed E-state index contributed by atoms with van der Waals surface area (Å²) >= 11 is 0. The molecule has 2 aliphatic heterocycles. The van der Waals surface area contributed by atoms with Crippen molar-refractivity contribution < 1.29 is 14.3 Å². The monoisotopic (exact) mass is 420 g/mol. The van der Waals surface area contributed by atoms with Gasteiger partial charge in [0.25, 0.3) is 5.91 Å². The average molecular weight is 421 g/mol. The predicted molar refractivity (Wildman–Crippen MR) is 119 cm³/mol. The van der Waals surface area contributed by atoms with Gasteiger partial charge in [-0.2, -0.15) is 5.10 Å². The van der Waals surface area contributed by atoms with Crippen LogP contribution in [0.25, 0.3) is 0 Å². The van der Waals surface area contributed by atoms with Crippen LogP contribution in [-0.4, -0.2) is 54.2 Å². The lowest BCUT2D eigenvalue weighted by atomic mass is 9.97. The van der Waals surface area contributed by atoms with E-state index in [4.69, 9.17) is 15.6 Å². The topological polar surface area (TPSA) is 88.2 Å². The van der Waals surface area contributed by atoms with Crippen molar-refractivity contribution in [3.05, 3.63) is 65.7 Å². The largest absolute Gasteiger partial charge is 0.497 e. The van der Waals surface area contributed by atoms with Crippen LogP contribution in [0.15, 0.2) is 59.7 Å². The summed E-state index contributed by atoms with van der Waals surface area (Å²) in [5, 5.41) is 6.34. The van der Waals surface area contributed by atoms with Gasteiger partial charge in [0.05, 0.1) is 31.3 Å². The first kappa shape index (κ1) is 21.1. The molecule has 0 spiro atoms. The average Bonchev–Trinajstić information content (AvgIpc) is 3.25. The summed E-state index contributed by atoms with van der Waals surface area (Å²) in [5.74, 6) is 0.214. The summed E-state index contributed by atoms with van der Waals surface area (Å²) in [6.07, 6.45) is 2.29. The number of rotatable bonds is 6. The molecule has 2 aromatic rings. The third-order valence-electron chi connectivity index (χ3n) is 6.04. The molecule has 162 valence electrons. The lowest BCUT2D eigenvalue weighted by Gasteiger charge is -2.32. The van der Waals surface area contributed by atoms with Crippen LogP contribution in [0.5, 0.6) is 5.75 Å². The van der Waals surface area contributed by atoms with Crippen LogP contribution in [-0.2, 0) is 9.59 Å². The molecule has 0 bridgehead atoms. The van der Waals surface area contributed by atoms with E-state index in [1.54, 1.807) is 12.1 Å². The van der Waals surface area contributed by atoms with Gasteiger partial charge in [0.15, 0.2) is 0 Å². The summed E-state index contributed by atoms with van der Waals surface area (Å²) in [6, 6.07) is 17.5. The van der Waals surface area contributed by atoms with Crippen molar-refractivity contribution >= 4 is 17.5 Å². The van der Waals surface area contributed by atoms with Crippen LogP contribution in [0.1, 0.15) is 36.4 Å². The third-order valence-corrected chi connectivity index (χ3v) is 6.04. The van der Waals surface area contributed by atoms with Gasteiger partial charge in [0, 0.05) is 13.0 Å². The maximum Gasteiger partial charge on any atom is 0.257 e. The first-order chi connectivity index (χ1) is 15.0. The fraction of sp³-hybridized carbons (Fsp3) is 0.375. The van der Waals surface area contributed by atoms with Gasteiger partial charge >= 0.3 is 0 Å². The summed E-state index contributed by atoms with van der Waals surface area (Å²) < 4.78 is 5.27. The molecule has 31 heavy (non-hydrogen) atoms. The van der Waals surface area contributed by atoms with Crippen molar-refractivity contribution in [2.45, 2.75) is 25.3 Å². The lowest BCUT2D eigenvalue weighted by Crippen LogP contribution is -2.45. The number of hydrazone groups is 1. The normalized spacial score (nSPS) is 21.6. The lowest BCUT2D eigenvalue weighted by molar-refractivity contribution is -0.135. The van der Waals surface area contributed by atoms with Crippen LogP contribution >= 0.6 is 0 Å². The number of hydrogen-bond donors (Lipinski definition) is 1. The highest BCUT2D eigenvalue weighted by Crippen LogP contribution is 2.34. The number of carbonyl (C=O) groups is 2. The van der Waals surface area contributed by atoms with Gasteiger partial charge in [0.1, 0.15) is 5.75 Å². The number of methoxy groups -OCH3 is 1. The van der Waals surface area contributed by atoms with Crippen molar-refractivity contribution in [2.24, 2.45) is 16.8 Å². The molecule has 2 atom stereocenters. The van der Waals surface area contributed by atoms with Crippen molar-refractivity contribution in [3.63, 3.8) is 0 Å². The van der Waals surface area contributed by atoms with Crippen molar-refractivity contribution in [1.82, 2.24) is 9.91 Å². The smallest absolute Gasteiger partial charge is 0.257 e. The molecule has 0 unspecified atom stereocenters. The first-order valence-corrected chi connectivity index (χ1v) is 10.7. The SMILES string of the molecule is COc1ccc([C@@H]2CC(c3ccccc3)=NN2C(=O)CN2CCC[C@H](C(N)=O)C2)cc1. The number of nitrogens with two attached hydrogens (primary N) is 1. The van der Waals surface area contributed by atoms with Gasteiger partial charge < -0.3 is 10.5 Å². The van der Waals surface area contributed by atoms with Gasteiger partial charge in [-0.05, 0) is 42.6 Å². The summed E-state index contributed by atoms with van der Waals surface area (Å²) in [4.78, 5) is 26.9. The van der Waals surface area contributed by atoms with E-state index in [-0.39, 0.29) is 30.3 Å². The Kier molecular flexibility index (Phi) is 6.32. The zero-order valence-corrected chi connectivity index (χ0v) is 17.7. The quantitative estimate of drug-likeness (QED) is 0.778. The van der Waals surface area contributed by atoms with E-state index in [9.17, 15) is 9.59 Å². The van der Waals surface area contributed by atoms with Crippen LogP contribution < -0.4 is 10.5 Å². The molecule has 7 nitrogen and oxygen atoms in total. The molecule has 2 aliphatic rings. The fourth-order valence-electron chi connectivity index (χ4n) is 4.33. The molecule has 2 N–H and O–H groups in total. The first-order valence-electron chi connectivity index (χ1n) is 10.7. The predicted octanol–water partition coefficient (Wildman–Crippen LogP) is 2.57. The van der Waals surface area contributed by atoms with E-state index in [1.807, 2.05) is 59.5 Å². The zero-order valence-electron chi connectivity index (χ0n) is 17.7. The van der Waals surface area contributed by atoms with E-state index >= 15 is 0 Å². The molecule has 1 saturated heterocycles. The molecule has 0 saturated carbocycles. The highest BCUT2D eigenvalue weighted by molar-refractivity contribution is 6.03. The van der Waals surface area contributed by atoms with E-state index < -0.39 is 0 Å². The number of amides is 2. The molecule has 2 aromatic carbocycles. The third kappa shape index (κ3) is 4.77. The molecular formula is C24H28N4O3. The molecule has 0 radical (unpaired) electrons. The molecule has 2 amide bonds. The Balaban J connectivity index is 1.56. The minimum atomic E-state index is -0.293. The van der Waals surface area contributed by atoms with E-state index in [0.717, 1.165) is 42.0 Å². The Bertz CT molecular complexity index is 959. The van der Waals surface area contributed by atoms with Gasteiger partial charge in [-0.25, -0.2) is 5.01 Å². The van der Waals surface area contributed by atoms with Crippen molar-refractivity contribution in [3.8, 4) is 5.75 Å². The highest BCUT2D eigenvalue weighted by Gasteiger charge is 2.34. The number of benzene rings is 2. The number of primary amides is 1. The molecule has 2 heterocycles. The highest BCUT2D eigenvalue weighted by atomic mass is 16.5. The molecule has 1 fully saturated rings. The molecule has 0 aromatic heterocycles. The number of piperidine rings is 1. The Morgan fingerprint density at radius 2 is 1.87 bits per heavy atom. The Hall–Kier alpha value is -3.19. The standard InChI is InChI=1S/C24H28N4O3/c1-31-20-11-9-18(10-12-20)22-14-21(17-6-3-2-4-7-17)26-28(22)23(29)16-27-13-5-8-19(15-27)24(25)30/h2-4,6-7,9-12,19,22H,5,8,13-16H2,1H3,(H2,25,30)/t19-,22-/m0/s1. The van der Waals surface area contributed by atoms with Crippen LogP contribution in [0.4, 0.5) is 0 Å². The number of carbonyl (C=O) groups excluding carboxylic acids is 2. The molecular weight excluding hydrogens is 392 g/mol. The minimum absolute atomic E-state index is 0.0723. The molecule has 0 aliphatic carbocycles. The molecule has 7 heteroatoms. The number of ether oxygens (including phenoxy) is 1. The van der Waals surface area contributed by atoms with Crippen molar-refractivity contribution in [1.29, 1.82) is 0 Å². The second-order valence-corrected chi connectivity index (χ2v) is 8.12. The number of nitrogens with zero attached hydrogens (tertiary/aromatic N) is 3. The van der Waals surface area contributed by atoms with Crippen LogP contribution in [0.2, 0.25) is 0 Å². The van der Waals surface area contributed by atoms with E-state index in [0.29, 0.717) is 13.0 Å². The Morgan fingerprint density at radius 1 is 1.13 bits per heavy atom. The van der Waals surface area contributed by atoms with Crippen LogP contribution in [0, 0.1) is 5.92 Å². The van der Waals surface area contributed by atoms with Gasteiger partial charge in [0.2, 0.25) is 5.91 Å². The van der Waals surface area contributed by atoms with Crippen LogP contribution in [0.3, 0.4) is 0 Å². The maximum absolute atomic E-state index is 13.3. The van der Waals surface area contributed by atoms with E-state index in [2.05, 4.69) is 0 Å². The number of likely N-dealkylation sites (tertiary alicyclic amines) is 1. The van der Waals surface area contributed by atoms with Gasteiger partial charge in [-0.15, -0.1) is 0 Å². The summed E-state index contributed by atoms with van der Waals surface area (Å²) in [5.41, 5.74) is 8.41. The second-order valence-electron chi connectivity index (χ2n) is 8.12. The Labute approximate surface area is 182 Å². The van der Waals surface area contributed by atoms with Gasteiger partial charge in [-0.1, -0.05) is 42.5 Å². The minimum Gasteiger partial charge on any atom is -0.497 e. The fourth-order valence-corrected chi connectivity index (χ4v) is 4.33. The summed E-state index contributed by atoms with van der Waals surface area (Å²) in [6.45, 7) is 1.53. The number of hydrogen-bond acceptors (Lipinski definition) is 5. The van der Waals surface area contributed by atoms with E-state index in [1.165, 1.54) is 0 Å². The Morgan fingerprint density at radius 3 is 2.55 bits per heavy atom.